The van der Waals surface area contributed by atoms with E-state index in [9.17, 15) is 0 Å². The predicted octanol–water partition coefficient (Wildman–Crippen LogP) is 2.03. The molecule has 0 amide bonds. The summed E-state index contributed by atoms with van der Waals surface area (Å²) in [5.74, 6) is 0.879. The van der Waals surface area contributed by atoms with Crippen molar-refractivity contribution in [1.82, 2.24) is 5.32 Å². The van der Waals surface area contributed by atoms with Crippen molar-refractivity contribution in [3.63, 3.8) is 0 Å². The summed E-state index contributed by atoms with van der Waals surface area (Å²) in [6, 6.07) is 0.738. The van der Waals surface area contributed by atoms with Crippen LogP contribution in [0, 0.1) is 11.3 Å². The molecule has 1 fully saturated rings. The predicted molar refractivity (Wildman–Crippen MR) is 45.0 cm³/mol. The minimum Gasteiger partial charge on any atom is -0.313 e. The molecule has 0 bridgehead atoms. The highest BCUT2D eigenvalue weighted by molar-refractivity contribution is 4.87. The summed E-state index contributed by atoms with van der Waals surface area (Å²) in [7, 11) is 0. The zero-order valence-corrected chi connectivity index (χ0v) is 7.57. The molecule has 2 atom stereocenters. The molecule has 1 aliphatic heterocycles. The van der Waals surface area contributed by atoms with Crippen LogP contribution in [0.15, 0.2) is 0 Å². The third-order valence-electron chi connectivity index (χ3n) is 2.40. The first-order valence-corrected chi connectivity index (χ1v) is 4.23. The van der Waals surface area contributed by atoms with Crippen LogP contribution >= 0.6 is 0 Å². The van der Waals surface area contributed by atoms with Crippen LogP contribution in [-0.4, -0.2) is 12.6 Å². The summed E-state index contributed by atoms with van der Waals surface area (Å²) in [5, 5.41) is 3.55. The highest BCUT2D eigenvalue weighted by atomic mass is 15.0. The summed E-state index contributed by atoms with van der Waals surface area (Å²) < 4.78 is 0. The molecule has 0 spiro atoms. The molecule has 1 heterocycles. The fraction of sp³-hybridized carbons (Fsp3) is 1.00. The van der Waals surface area contributed by atoms with Gasteiger partial charge in [0.15, 0.2) is 0 Å². The first-order chi connectivity index (χ1) is 4.50. The molecule has 0 aromatic carbocycles. The molecule has 1 rings (SSSR count). The summed E-state index contributed by atoms with van der Waals surface area (Å²) in [6.45, 7) is 10.5. The summed E-state index contributed by atoms with van der Waals surface area (Å²) in [6.07, 6.45) is 1.35. The Hall–Kier alpha value is -0.0400. The first kappa shape index (κ1) is 8.06. The Kier molecular flexibility index (Phi) is 2.04. The van der Waals surface area contributed by atoms with Crippen molar-refractivity contribution in [1.29, 1.82) is 0 Å². The molecule has 1 N–H and O–H groups in total. The topological polar surface area (TPSA) is 12.0 Å². The minimum absolute atomic E-state index is 0.449. The monoisotopic (exact) mass is 141 g/mol. The SMILES string of the molecule is C[C@H]1CN[C@H](C(C)(C)C)C1. The molecule has 0 saturated carbocycles. The standard InChI is InChI=1S/C9H19N/c1-7-5-8(10-6-7)9(2,3)4/h7-8,10H,5-6H2,1-4H3/t7-,8+/m1/s1. The Labute approximate surface area is 64.2 Å². The van der Waals surface area contributed by atoms with Crippen molar-refractivity contribution in [2.45, 2.75) is 40.2 Å². The normalized spacial score (nSPS) is 34.8. The molecule has 0 aliphatic carbocycles. The molecule has 0 aromatic rings. The van der Waals surface area contributed by atoms with Crippen molar-refractivity contribution in [3.05, 3.63) is 0 Å². The quantitative estimate of drug-likeness (QED) is 0.544. The van der Waals surface area contributed by atoms with Crippen LogP contribution < -0.4 is 5.32 Å². The van der Waals surface area contributed by atoms with Gasteiger partial charge in [-0.15, -0.1) is 0 Å². The summed E-state index contributed by atoms with van der Waals surface area (Å²) in [4.78, 5) is 0. The maximum atomic E-state index is 3.55. The zero-order valence-electron chi connectivity index (χ0n) is 7.57. The average Bonchev–Trinajstić information content (AvgIpc) is 2.11. The van der Waals surface area contributed by atoms with Gasteiger partial charge in [0.05, 0.1) is 0 Å². The fourth-order valence-electron chi connectivity index (χ4n) is 1.57. The van der Waals surface area contributed by atoms with Crippen LogP contribution in [0.3, 0.4) is 0 Å². The molecule has 1 heteroatoms. The van der Waals surface area contributed by atoms with E-state index in [1.165, 1.54) is 13.0 Å². The molecular weight excluding hydrogens is 122 g/mol. The minimum atomic E-state index is 0.449. The van der Waals surface area contributed by atoms with E-state index < -0.39 is 0 Å². The molecule has 1 saturated heterocycles. The zero-order chi connectivity index (χ0) is 7.78. The molecule has 0 unspecified atom stereocenters. The van der Waals surface area contributed by atoms with E-state index in [2.05, 4.69) is 33.0 Å². The molecule has 0 aromatic heterocycles. The molecule has 1 aliphatic rings. The number of hydrogen-bond acceptors (Lipinski definition) is 1. The van der Waals surface area contributed by atoms with Gasteiger partial charge in [0, 0.05) is 6.04 Å². The van der Waals surface area contributed by atoms with Gasteiger partial charge in [0.1, 0.15) is 0 Å². The maximum Gasteiger partial charge on any atom is 0.0119 e. The van der Waals surface area contributed by atoms with E-state index >= 15 is 0 Å². The highest BCUT2D eigenvalue weighted by Crippen LogP contribution is 2.28. The molecule has 0 radical (unpaired) electrons. The van der Waals surface area contributed by atoms with Crippen LogP contribution in [0.25, 0.3) is 0 Å². The van der Waals surface area contributed by atoms with Gasteiger partial charge in [0.25, 0.3) is 0 Å². The molecule has 10 heavy (non-hydrogen) atoms. The van der Waals surface area contributed by atoms with Gasteiger partial charge in [0.2, 0.25) is 0 Å². The number of rotatable bonds is 0. The summed E-state index contributed by atoms with van der Waals surface area (Å²) in [5.41, 5.74) is 0.449. The second-order valence-electron chi connectivity index (χ2n) is 4.67. The maximum absolute atomic E-state index is 3.55. The molecule has 1 nitrogen and oxygen atoms in total. The Balaban J connectivity index is 2.45. The molecular formula is C9H19N. The third-order valence-corrected chi connectivity index (χ3v) is 2.40. The Morgan fingerprint density at radius 3 is 2.10 bits per heavy atom. The van der Waals surface area contributed by atoms with E-state index in [4.69, 9.17) is 0 Å². The van der Waals surface area contributed by atoms with Gasteiger partial charge in [-0.3, -0.25) is 0 Å². The van der Waals surface area contributed by atoms with Gasteiger partial charge in [-0.25, -0.2) is 0 Å². The van der Waals surface area contributed by atoms with E-state index in [-0.39, 0.29) is 0 Å². The van der Waals surface area contributed by atoms with Gasteiger partial charge in [-0.05, 0) is 24.3 Å². The van der Waals surface area contributed by atoms with Crippen molar-refractivity contribution in [2.24, 2.45) is 11.3 Å². The van der Waals surface area contributed by atoms with Gasteiger partial charge in [-0.2, -0.15) is 0 Å². The van der Waals surface area contributed by atoms with Crippen LogP contribution in [0.4, 0.5) is 0 Å². The van der Waals surface area contributed by atoms with Crippen molar-refractivity contribution >= 4 is 0 Å². The highest BCUT2D eigenvalue weighted by Gasteiger charge is 2.30. The van der Waals surface area contributed by atoms with Crippen molar-refractivity contribution < 1.29 is 0 Å². The smallest absolute Gasteiger partial charge is 0.0119 e. The number of hydrogen-bond donors (Lipinski definition) is 1. The summed E-state index contributed by atoms with van der Waals surface area (Å²) >= 11 is 0. The van der Waals surface area contributed by atoms with Crippen molar-refractivity contribution in [3.8, 4) is 0 Å². The lowest BCUT2D eigenvalue weighted by atomic mass is 9.85. The molecule has 60 valence electrons. The lowest BCUT2D eigenvalue weighted by Crippen LogP contribution is -2.34. The lowest BCUT2D eigenvalue weighted by Gasteiger charge is -2.26. The Morgan fingerprint density at radius 2 is 1.90 bits per heavy atom. The van der Waals surface area contributed by atoms with E-state index in [0.29, 0.717) is 5.41 Å². The Bertz CT molecular complexity index is 112. The third kappa shape index (κ3) is 1.72. The first-order valence-electron chi connectivity index (χ1n) is 4.23. The lowest BCUT2D eigenvalue weighted by molar-refractivity contribution is 0.291. The van der Waals surface area contributed by atoms with Crippen LogP contribution in [0.1, 0.15) is 34.1 Å². The van der Waals surface area contributed by atoms with Crippen LogP contribution in [0.2, 0.25) is 0 Å². The van der Waals surface area contributed by atoms with Crippen LogP contribution in [0.5, 0.6) is 0 Å². The van der Waals surface area contributed by atoms with Gasteiger partial charge >= 0.3 is 0 Å². The number of nitrogens with one attached hydrogen (secondary N) is 1. The fourth-order valence-corrected chi connectivity index (χ4v) is 1.57. The Morgan fingerprint density at radius 1 is 1.30 bits per heavy atom. The van der Waals surface area contributed by atoms with Gasteiger partial charge < -0.3 is 5.32 Å². The largest absolute Gasteiger partial charge is 0.313 e. The van der Waals surface area contributed by atoms with E-state index in [1.807, 2.05) is 0 Å². The van der Waals surface area contributed by atoms with Crippen LogP contribution in [-0.2, 0) is 0 Å². The second kappa shape index (κ2) is 2.54. The van der Waals surface area contributed by atoms with Crippen molar-refractivity contribution in [2.75, 3.05) is 6.54 Å². The van der Waals surface area contributed by atoms with E-state index in [0.717, 1.165) is 12.0 Å². The average molecular weight is 141 g/mol. The van der Waals surface area contributed by atoms with Gasteiger partial charge in [-0.1, -0.05) is 27.7 Å². The van der Waals surface area contributed by atoms with E-state index in [1.54, 1.807) is 0 Å². The second-order valence-corrected chi connectivity index (χ2v) is 4.67.